The molecule has 0 saturated carbocycles. The number of nitrogens with one attached hydrogen (secondary N) is 2. The summed E-state index contributed by atoms with van der Waals surface area (Å²) in [6.45, 7) is 0.781. The predicted molar refractivity (Wildman–Crippen MR) is 123 cm³/mol. The van der Waals surface area contributed by atoms with Crippen LogP contribution in [0.4, 0.5) is 9.59 Å². The molecule has 2 aromatic carbocycles. The molecule has 0 spiro atoms. The van der Waals surface area contributed by atoms with Crippen molar-refractivity contribution in [3.05, 3.63) is 76.5 Å². The summed E-state index contributed by atoms with van der Waals surface area (Å²) in [5.74, 6) is 0.751. The lowest BCUT2D eigenvalue weighted by Crippen LogP contribution is -2.21. The van der Waals surface area contributed by atoms with Gasteiger partial charge in [0.25, 0.3) is 0 Å². The fraction of sp³-hybridized carbons (Fsp3) is 0.280. The maximum Gasteiger partial charge on any atom is 0.407 e. The molecule has 1 aromatic heterocycles. The zero-order chi connectivity index (χ0) is 23.4. The number of hydrogen-bond acceptors (Lipinski definition) is 5. The average Bonchev–Trinajstić information content (AvgIpc) is 3.16. The van der Waals surface area contributed by atoms with Crippen molar-refractivity contribution >= 4 is 12.2 Å². The molecule has 0 bridgehead atoms. The fourth-order valence-corrected chi connectivity index (χ4v) is 4.21. The van der Waals surface area contributed by atoms with Gasteiger partial charge in [-0.2, -0.15) is 0 Å². The molecule has 4 rings (SSSR count). The molecule has 3 aromatic rings. The summed E-state index contributed by atoms with van der Waals surface area (Å²) in [4.78, 5) is 23.8. The summed E-state index contributed by atoms with van der Waals surface area (Å²) in [6, 6.07) is 16.1. The van der Waals surface area contributed by atoms with E-state index in [4.69, 9.17) is 14.2 Å². The third kappa shape index (κ3) is 4.50. The van der Waals surface area contributed by atoms with E-state index >= 15 is 0 Å². The van der Waals surface area contributed by atoms with Gasteiger partial charge in [0, 0.05) is 43.9 Å². The van der Waals surface area contributed by atoms with Gasteiger partial charge in [-0.25, -0.2) is 9.59 Å². The lowest BCUT2D eigenvalue weighted by molar-refractivity contribution is 0.134. The van der Waals surface area contributed by atoms with Crippen LogP contribution in [0.5, 0.6) is 5.75 Å². The molecule has 0 saturated heterocycles. The minimum atomic E-state index is -0.527. The van der Waals surface area contributed by atoms with Crippen molar-refractivity contribution in [1.82, 2.24) is 15.2 Å². The van der Waals surface area contributed by atoms with Crippen LogP contribution in [0.1, 0.15) is 27.9 Å². The number of rotatable bonds is 6. The first-order valence-electron chi connectivity index (χ1n) is 10.7. The van der Waals surface area contributed by atoms with Crippen molar-refractivity contribution in [1.29, 1.82) is 0 Å². The molecule has 172 valence electrons. The smallest absolute Gasteiger partial charge is 0.407 e. The van der Waals surface area contributed by atoms with Crippen LogP contribution in [-0.4, -0.2) is 38.0 Å². The van der Waals surface area contributed by atoms with Crippen LogP contribution >= 0.6 is 0 Å². The van der Waals surface area contributed by atoms with E-state index in [2.05, 4.69) is 27.3 Å². The Bertz CT molecular complexity index is 1170. The highest BCUT2D eigenvalue weighted by Crippen LogP contribution is 2.38. The predicted octanol–water partition coefficient (Wildman–Crippen LogP) is 3.83. The number of methoxy groups -OCH3 is 1. The molecule has 2 amide bonds. The molecule has 0 unspecified atom stereocenters. The minimum Gasteiger partial charge on any atom is -0.497 e. The Kier molecular flexibility index (Phi) is 6.53. The second-order valence-electron chi connectivity index (χ2n) is 7.66. The van der Waals surface area contributed by atoms with Gasteiger partial charge in [-0.1, -0.05) is 24.3 Å². The van der Waals surface area contributed by atoms with Gasteiger partial charge in [-0.3, -0.25) is 0 Å². The summed E-state index contributed by atoms with van der Waals surface area (Å²) < 4.78 is 18.5. The van der Waals surface area contributed by atoms with Crippen LogP contribution in [0.15, 0.2) is 48.5 Å². The van der Waals surface area contributed by atoms with Gasteiger partial charge in [0.2, 0.25) is 0 Å². The number of hydrogen-bond donors (Lipinski definition) is 2. The minimum absolute atomic E-state index is 0.0455. The molecule has 0 aliphatic carbocycles. The zero-order valence-corrected chi connectivity index (χ0v) is 18.9. The van der Waals surface area contributed by atoms with Gasteiger partial charge >= 0.3 is 12.2 Å². The van der Waals surface area contributed by atoms with Gasteiger partial charge in [-0.05, 0) is 41.0 Å². The summed E-state index contributed by atoms with van der Waals surface area (Å²) in [5, 5.41) is 4.97. The monoisotopic (exact) mass is 449 g/mol. The summed E-state index contributed by atoms with van der Waals surface area (Å²) in [5.41, 5.74) is 7.05. The number of nitrogens with zero attached hydrogens (tertiary/aromatic N) is 1. The Balaban J connectivity index is 1.87. The number of fused-ring (bicyclic) bond motifs is 2. The van der Waals surface area contributed by atoms with Gasteiger partial charge in [-0.15, -0.1) is 0 Å². The number of alkyl carbamates (subject to hydrolysis) is 2. The molecule has 8 heteroatoms. The number of carbonyl (C=O) groups is 2. The Hall–Kier alpha value is -3.94. The molecular formula is C25H27N3O5. The van der Waals surface area contributed by atoms with E-state index in [9.17, 15) is 9.59 Å². The molecule has 0 radical (unpaired) electrons. The third-order valence-electron chi connectivity index (χ3n) is 5.87. The van der Waals surface area contributed by atoms with Crippen molar-refractivity contribution in [2.24, 2.45) is 0 Å². The van der Waals surface area contributed by atoms with E-state index in [1.807, 2.05) is 36.4 Å². The maximum absolute atomic E-state index is 11.9. The highest BCUT2D eigenvalue weighted by atomic mass is 16.6. The Morgan fingerprint density at radius 2 is 1.48 bits per heavy atom. The molecular weight excluding hydrogens is 422 g/mol. The van der Waals surface area contributed by atoms with E-state index in [-0.39, 0.29) is 13.2 Å². The zero-order valence-electron chi connectivity index (χ0n) is 18.9. The number of carbonyl (C=O) groups excluding carboxylic acids is 2. The van der Waals surface area contributed by atoms with Gasteiger partial charge in [0.05, 0.1) is 12.8 Å². The van der Waals surface area contributed by atoms with Crippen LogP contribution < -0.4 is 15.4 Å². The SMILES string of the molecule is CNC(=O)OCc1c(COC(=O)NC)c(-c2ccc(OC)cc2)n2c1Cc1ccccc1C2. The van der Waals surface area contributed by atoms with Crippen molar-refractivity contribution in [3.8, 4) is 17.0 Å². The molecule has 0 fully saturated rings. The number of benzene rings is 2. The maximum atomic E-state index is 11.9. The molecule has 1 aliphatic rings. The molecule has 2 heterocycles. The Morgan fingerprint density at radius 3 is 2.09 bits per heavy atom. The van der Waals surface area contributed by atoms with E-state index < -0.39 is 12.2 Å². The van der Waals surface area contributed by atoms with Gasteiger partial charge in [0.1, 0.15) is 19.0 Å². The van der Waals surface area contributed by atoms with Crippen molar-refractivity contribution < 1.29 is 23.8 Å². The molecule has 0 atom stereocenters. The number of amides is 2. The second-order valence-corrected chi connectivity index (χ2v) is 7.66. The lowest BCUT2D eigenvalue weighted by Gasteiger charge is -2.22. The van der Waals surface area contributed by atoms with E-state index in [0.717, 1.165) is 33.8 Å². The number of ether oxygens (including phenoxy) is 3. The van der Waals surface area contributed by atoms with Crippen LogP contribution in [0.3, 0.4) is 0 Å². The Morgan fingerprint density at radius 1 is 0.879 bits per heavy atom. The topological polar surface area (TPSA) is 90.8 Å². The van der Waals surface area contributed by atoms with E-state index in [1.165, 1.54) is 25.2 Å². The molecule has 8 nitrogen and oxygen atoms in total. The van der Waals surface area contributed by atoms with Gasteiger partial charge < -0.3 is 29.4 Å². The first-order chi connectivity index (χ1) is 16.0. The largest absolute Gasteiger partial charge is 0.497 e. The quantitative estimate of drug-likeness (QED) is 0.467. The van der Waals surface area contributed by atoms with Crippen LogP contribution in [0, 0.1) is 0 Å². The van der Waals surface area contributed by atoms with Crippen LogP contribution in [0.2, 0.25) is 0 Å². The van der Waals surface area contributed by atoms with E-state index in [0.29, 0.717) is 13.0 Å². The number of aromatic nitrogens is 1. The normalized spacial score (nSPS) is 11.7. The van der Waals surface area contributed by atoms with Gasteiger partial charge in [0.15, 0.2) is 0 Å². The highest BCUT2D eigenvalue weighted by molar-refractivity contribution is 5.72. The Labute approximate surface area is 192 Å². The van der Waals surface area contributed by atoms with Crippen molar-refractivity contribution in [3.63, 3.8) is 0 Å². The van der Waals surface area contributed by atoms with Crippen molar-refractivity contribution in [2.45, 2.75) is 26.2 Å². The lowest BCUT2D eigenvalue weighted by atomic mass is 9.97. The van der Waals surface area contributed by atoms with Crippen LogP contribution in [-0.2, 0) is 35.7 Å². The average molecular weight is 450 g/mol. The highest BCUT2D eigenvalue weighted by Gasteiger charge is 2.28. The second kappa shape index (κ2) is 9.68. The summed E-state index contributed by atoms with van der Waals surface area (Å²) in [7, 11) is 4.66. The standard InChI is InChI=1S/C25H27N3O5/c1-26-24(29)32-14-20-21(15-33-25(30)27-2)23(16-8-10-19(31-3)11-9-16)28-13-18-7-5-4-6-17(18)12-22(20)28/h4-11H,12-15H2,1-3H3,(H,26,29)(H,27,30). The molecule has 33 heavy (non-hydrogen) atoms. The van der Waals surface area contributed by atoms with E-state index in [1.54, 1.807) is 7.11 Å². The summed E-state index contributed by atoms with van der Waals surface area (Å²) in [6.07, 6.45) is -0.359. The first kappa shape index (κ1) is 22.3. The molecule has 2 N–H and O–H groups in total. The molecule has 1 aliphatic heterocycles. The first-order valence-corrected chi connectivity index (χ1v) is 10.7. The third-order valence-corrected chi connectivity index (χ3v) is 5.87. The fourth-order valence-electron chi connectivity index (χ4n) is 4.21. The summed E-state index contributed by atoms with van der Waals surface area (Å²) >= 11 is 0. The van der Waals surface area contributed by atoms with Crippen LogP contribution in [0.25, 0.3) is 11.3 Å². The van der Waals surface area contributed by atoms with Crippen molar-refractivity contribution in [2.75, 3.05) is 21.2 Å².